The summed E-state index contributed by atoms with van der Waals surface area (Å²) < 4.78 is 0. The number of rotatable bonds is 1. The largest absolute Gasteiger partial charge is 0.0648 e. The highest BCUT2D eigenvalue weighted by Crippen LogP contribution is 2.56. The lowest BCUT2D eigenvalue weighted by Gasteiger charge is -2.54. The van der Waals surface area contributed by atoms with Gasteiger partial charge in [0.15, 0.2) is 0 Å². The predicted octanol–water partition coefficient (Wildman–Crippen LogP) is 4.49. The molecule has 0 heteroatoms. The van der Waals surface area contributed by atoms with Crippen LogP contribution in [0.1, 0.15) is 60.8 Å². The van der Waals surface area contributed by atoms with Gasteiger partial charge in [-0.25, -0.2) is 0 Å². The van der Waals surface area contributed by atoms with Crippen LogP contribution in [0.25, 0.3) is 0 Å². The molecule has 0 nitrogen and oxygen atoms in total. The van der Waals surface area contributed by atoms with Crippen molar-refractivity contribution in [1.82, 2.24) is 0 Å². The summed E-state index contributed by atoms with van der Waals surface area (Å²) in [6.07, 6.45) is 4.16. The van der Waals surface area contributed by atoms with E-state index in [1.165, 1.54) is 19.3 Å². The average molecular weight is 182 g/mol. The van der Waals surface area contributed by atoms with Crippen molar-refractivity contribution in [1.29, 1.82) is 0 Å². The van der Waals surface area contributed by atoms with E-state index in [0.29, 0.717) is 10.8 Å². The normalized spacial score (nSPS) is 44.8. The van der Waals surface area contributed by atoms with Gasteiger partial charge in [-0.15, -0.1) is 0 Å². The van der Waals surface area contributed by atoms with Crippen molar-refractivity contribution in [3.05, 3.63) is 0 Å². The molecule has 0 aromatic rings. The minimum Gasteiger partial charge on any atom is -0.0648 e. The summed E-state index contributed by atoms with van der Waals surface area (Å²) >= 11 is 0. The lowest BCUT2D eigenvalue weighted by Crippen LogP contribution is -2.45. The second-order valence-corrected chi connectivity index (χ2v) is 6.08. The van der Waals surface area contributed by atoms with Crippen LogP contribution in [0.3, 0.4) is 0 Å². The Hall–Kier alpha value is 0. The molecule has 1 saturated carbocycles. The highest BCUT2D eigenvalue weighted by atomic mass is 14.5. The molecule has 0 aliphatic heterocycles. The van der Waals surface area contributed by atoms with E-state index in [9.17, 15) is 0 Å². The molecular formula is C13H26. The molecule has 0 N–H and O–H groups in total. The molecule has 13 heavy (non-hydrogen) atoms. The van der Waals surface area contributed by atoms with Gasteiger partial charge in [-0.1, -0.05) is 48.0 Å². The predicted molar refractivity (Wildman–Crippen MR) is 59.7 cm³/mol. The third kappa shape index (κ3) is 1.65. The van der Waals surface area contributed by atoms with Crippen LogP contribution in [-0.4, -0.2) is 0 Å². The minimum absolute atomic E-state index is 0.522. The molecule has 78 valence electrons. The fourth-order valence-electron chi connectivity index (χ4n) is 3.21. The average Bonchev–Trinajstić information content (AvgIpc) is 2.01. The summed E-state index contributed by atoms with van der Waals surface area (Å²) in [4.78, 5) is 0. The minimum atomic E-state index is 0.522. The molecule has 0 spiro atoms. The highest BCUT2D eigenvalue weighted by Gasteiger charge is 2.47. The van der Waals surface area contributed by atoms with Crippen LogP contribution in [0.15, 0.2) is 0 Å². The molecule has 3 atom stereocenters. The van der Waals surface area contributed by atoms with E-state index < -0.39 is 0 Å². The summed E-state index contributed by atoms with van der Waals surface area (Å²) in [5.74, 6) is 1.80. The van der Waals surface area contributed by atoms with Crippen molar-refractivity contribution in [2.75, 3.05) is 0 Å². The molecular weight excluding hydrogens is 156 g/mol. The Kier molecular flexibility index (Phi) is 2.81. The zero-order valence-corrected chi connectivity index (χ0v) is 10.3. The topological polar surface area (TPSA) is 0 Å². The Morgan fingerprint density at radius 3 is 2.15 bits per heavy atom. The Labute approximate surface area is 84.1 Å². The van der Waals surface area contributed by atoms with E-state index in [4.69, 9.17) is 0 Å². The van der Waals surface area contributed by atoms with Crippen molar-refractivity contribution >= 4 is 0 Å². The molecule has 0 saturated heterocycles. The highest BCUT2D eigenvalue weighted by molar-refractivity contribution is 4.96. The van der Waals surface area contributed by atoms with Crippen molar-refractivity contribution in [3.8, 4) is 0 Å². The van der Waals surface area contributed by atoms with E-state index in [2.05, 4.69) is 41.5 Å². The Morgan fingerprint density at radius 1 is 1.15 bits per heavy atom. The maximum absolute atomic E-state index is 2.49. The van der Waals surface area contributed by atoms with Gasteiger partial charge in [0.05, 0.1) is 0 Å². The third-order valence-electron chi connectivity index (χ3n) is 5.12. The third-order valence-corrected chi connectivity index (χ3v) is 5.12. The molecule has 0 bridgehead atoms. The SMILES string of the molecule is CCC1(C)CC(C)CC(C)C1(C)C. The number of hydrogen-bond donors (Lipinski definition) is 0. The molecule has 0 amide bonds. The quantitative estimate of drug-likeness (QED) is 0.560. The summed E-state index contributed by atoms with van der Waals surface area (Å²) in [6.45, 7) is 14.6. The Morgan fingerprint density at radius 2 is 1.69 bits per heavy atom. The second kappa shape index (κ2) is 3.29. The van der Waals surface area contributed by atoms with Gasteiger partial charge in [-0.3, -0.25) is 0 Å². The zero-order chi connectivity index (χ0) is 10.3. The first-order valence-corrected chi connectivity index (χ1v) is 5.83. The van der Waals surface area contributed by atoms with E-state index in [1.54, 1.807) is 0 Å². The zero-order valence-electron chi connectivity index (χ0n) is 10.3. The van der Waals surface area contributed by atoms with Crippen molar-refractivity contribution < 1.29 is 0 Å². The standard InChI is InChI=1S/C13H26/c1-7-13(6)9-10(2)8-11(3)12(13,4)5/h10-11H,7-9H2,1-6H3. The Balaban J connectivity index is 2.92. The van der Waals surface area contributed by atoms with Crippen LogP contribution >= 0.6 is 0 Å². The van der Waals surface area contributed by atoms with Gasteiger partial charge < -0.3 is 0 Å². The second-order valence-electron chi connectivity index (χ2n) is 6.08. The molecule has 1 rings (SSSR count). The molecule has 0 aromatic heterocycles. The van der Waals surface area contributed by atoms with E-state index in [0.717, 1.165) is 11.8 Å². The number of hydrogen-bond acceptors (Lipinski definition) is 0. The van der Waals surface area contributed by atoms with Gasteiger partial charge in [0, 0.05) is 0 Å². The van der Waals surface area contributed by atoms with Crippen LogP contribution < -0.4 is 0 Å². The molecule has 0 heterocycles. The van der Waals surface area contributed by atoms with Gasteiger partial charge >= 0.3 is 0 Å². The lowest BCUT2D eigenvalue weighted by molar-refractivity contribution is -0.0414. The Bertz CT molecular complexity index is 180. The van der Waals surface area contributed by atoms with Gasteiger partial charge in [0.25, 0.3) is 0 Å². The van der Waals surface area contributed by atoms with Crippen LogP contribution in [0.4, 0.5) is 0 Å². The van der Waals surface area contributed by atoms with Crippen molar-refractivity contribution in [2.45, 2.75) is 60.8 Å². The molecule has 0 aromatic carbocycles. The van der Waals surface area contributed by atoms with Crippen LogP contribution in [0.2, 0.25) is 0 Å². The van der Waals surface area contributed by atoms with Crippen LogP contribution in [-0.2, 0) is 0 Å². The monoisotopic (exact) mass is 182 g/mol. The van der Waals surface area contributed by atoms with Gasteiger partial charge in [0.2, 0.25) is 0 Å². The molecule has 1 fully saturated rings. The maximum Gasteiger partial charge on any atom is -0.0272 e. The molecule has 1 aliphatic carbocycles. The van der Waals surface area contributed by atoms with Gasteiger partial charge in [0.1, 0.15) is 0 Å². The molecule has 3 unspecified atom stereocenters. The first kappa shape index (κ1) is 11.1. The lowest BCUT2D eigenvalue weighted by atomic mass is 9.51. The van der Waals surface area contributed by atoms with Gasteiger partial charge in [-0.05, 0) is 35.5 Å². The smallest absolute Gasteiger partial charge is 0.0272 e. The summed E-state index contributed by atoms with van der Waals surface area (Å²) in [6, 6.07) is 0. The van der Waals surface area contributed by atoms with E-state index in [-0.39, 0.29) is 0 Å². The first-order valence-electron chi connectivity index (χ1n) is 5.83. The molecule has 1 aliphatic rings. The van der Waals surface area contributed by atoms with Crippen LogP contribution in [0, 0.1) is 22.7 Å². The van der Waals surface area contributed by atoms with Crippen LogP contribution in [0.5, 0.6) is 0 Å². The van der Waals surface area contributed by atoms with E-state index in [1.807, 2.05) is 0 Å². The van der Waals surface area contributed by atoms with Crippen molar-refractivity contribution in [3.63, 3.8) is 0 Å². The summed E-state index contributed by atoms with van der Waals surface area (Å²) in [5.41, 5.74) is 1.08. The fraction of sp³-hybridized carbons (Fsp3) is 1.00. The van der Waals surface area contributed by atoms with Crippen molar-refractivity contribution in [2.24, 2.45) is 22.7 Å². The molecule has 0 radical (unpaired) electrons. The first-order chi connectivity index (χ1) is 5.83. The van der Waals surface area contributed by atoms with Gasteiger partial charge in [-0.2, -0.15) is 0 Å². The fourth-order valence-corrected chi connectivity index (χ4v) is 3.21. The van der Waals surface area contributed by atoms with E-state index >= 15 is 0 Å². The maximum atomic E-state index is 2.49. The summed E-state index contributed by atoms with van der Waals surface area (Å²) in [5, 5.41) is 0. The summed E-state index contributed by atoms with van der Waals surface area (Å²) in [7, 11) is 0.